The maximum atomic E-state index is 5.84. The molecule has 1 heterocycles. The summed E-state index contributed by atoms with van der Waals surface area (Å²) >= 11 is 0. The van der Waals surface area contributed by atoms with E-state index in [1.165, 1.54) is 19.3 Å². The van der Waals surface area contributed by atoms with Crippen molar-refractivity contribution in [3.05, 3.63) is 11.7 Å². The quantitative estimate of drug-likeness (QED) is 0.873. The number of nitrogens with two attached hydrogens (primary N) is 1. The summed E-state index contributed by atoms with van der Waals surface area (Å²) in [6, 6.07) is 0. The third-order valence-corrected chi connectivity index (χ3v) is 3.57. The minimum Gasteiger partial charge on any atom is -0.339 e. The van der Waals surface area contributed by atoms with Crippen LogP contribution in [-0.2, 0) is 12.8 Å². The van der Waals surface area contributed by atoms with E-state index in [0.29, 0.717) is 0 Å². The minimum atomic E-state index is 0.198. The lowest BCUT2D eigenvalue weighted by Gasteiger charge is -2.39. The molecule has 96 valence electrons. The van der Waals surface area contributed by atoms with Gasteiger partial charge >= 0.3 is 0 Å². The van der Waals surface area contributed by atoms with E-state index in [1.807, 2.05) is 0 Å². The van der Waals surface area contributed by atoms with Gasteiger partial charge < -0.3 is 10.3 Å². The van der Waals surface area contributed by atoms with Crippen molar-refractivity contribution in [3.63, 3.8) is 0 Å². The Morgan fingerprint density at radius 1 is 1.35 bits per heavy atom. The van der Waals surface area contributed by atoms with Crippen molar-refractivity contribution in [1.29, 1.82) is 0 Å². The van der Waals surface area contributed by atoms with Gasteiger partial charge in [-0.3, -0.25) is 0 Å². The molecule has 0 amide bonds. The summed E-state index contributed by atoms with van der Waals surface area (Å²) in [6.07, 6.45) is 5.37. The first-order chi connectivity index (χ1) is 7.92. The molecule has 17 heavy (non-hydrogen) atoms. The lowest BCUT2D eigenvalue weighted by atomic mass is 9.67. The molecule has 2 N–H and O–H groups in total. The molecule has 0 aromatic carbocycles. The van der Waals surface area contributed by atoms with Gasteiger partial charge in [0.2, 0.25) is 5.89 Å². The van der Waals surface area contributed by atoms with Crippen LogP contribution in [0.15, 0.2) is 4.52 Å². The lowest BCUT2D eigenvalue weighted by Crippen LogP contribution is -2.39. The molecule has 1 fully saturated rings. The molecule has 0 aliphatic heterocycles. The fourth-order valence-electron chi connectivity index (χ4n) is 2.36. The van der Waals surface area contributed by atoms with Gasteiger partial charge in [-0.2, -0.15) is 4.98 Å². The Kier molecular flexibility index (Phi) is 3.25. The Bertz CT molecular complexity index is 369. The molecule has 0 saturated heterocycles. The number of hydrogen-bond donors (Lipinski definition) is 1. The predicted molar refractivity (Wildman–Crippen MR) is 66.5 cm³/mol. The summed E-state index contributed by atoms with van der Waals surface area (Å²) in [5.41, 5.74) is 6.27. The van der Waals surface area contributed by atoms with Crippen LogP contribution in [0.1, 0.15) is 51.7 Å². The fraction of sp³-hybridized carbons (Fsp3) is 0.846. The van der Waals surface area contributed by atoms with Crippen LogP contribution >= 0.6 is 0 Å². The Morgan fingerprint density at radius 3 is 2.53 bits per heavy atom. The van der Waals surface area contributed by atoms with Crippen molar-refractivity contribution < 1.29 is 4.52 Å². The van der Waals surface area contributed by atoms with Crippen LogP contribution in [0.25, 0.3) is 0 Å². The van der Waals surface area contributed by atoms with Crippen LogP contribution < -0.4 is 5.73 Å². The summed E-state index contributed by atoms with van der Waals surface area (Å²) in [6.45, 7) is 7.26. The first-order valence-corrected chi connectivity index (χ1v) is 6.44. The third kappa shape index (κ3) is 3.06. The Balaban J connectivity index is 1.99. The zero-order chi connectivity index (χ0) is 12.5. The largest absolute Gasteiger partial charge is 0.339 e. The molecule has 0 radical (unpaired) electrons. The monoisotopic (exact) mass is 237 g/mol. The Hall–Kier alpha value is -0.900. The van der Waals surface area contributed by atoms with Crippen molar-refractivity contribution in [2.24, 2.45) is 16.6 Å². The van der Waals surface area contributed by atoms with Crippen molar-refractivity contribution in [3.8, 4) is 0 Å². The second kappa shape index (κ2) is 4.41. The number of nitrogens with zero attached hydrogens (tertiary/aromatic N) is 2. The Morgan fingerprint density at radius 2 is 2.06 bits per heavy atom. The van der Waals surface area contributed by atoms with E-state index >= 15 is 0 Å². The topological polar surface area (TPSA) is 64.9 Å². The van der Waals surface area contributed by atoms with E-state index in [-0.39, 0.29) is 10.8 Å². The fourth-order valence-corrected chi connectivity index (χ4v) is 2.36. The zero-order valence-electron chi connectivity index (χ0n) is 11.1. The highest BCUT2D eigenvalue weighted by atomic mass is 16.5. The predicted octanol–water partition coefficient (Wildman–Crippen LogP) is 2.33. The molecule has 4 heteroatoms. The normalized spacial score (nSPS) is 19.1. The second-order valence-electron chi connectivity index (χ2n) is 6.58. The highest BCUT2D eigenvalue weighted by molar-refractivity contribution is 4.98. The van der Waals surface area contributed by atoms with Crippen molar-refractivity contribution in [1.82, 2.24) is 10.1 Å². The summed E-state index contributed by atoms with van der Waals surface area (Å²) in [7, 11) is 0. The van der Waals surface area contributed by atoms with Gasteiger partial charge in [-0.1, -0.05) is 32.3 Å². The first-order valence-electron chi connectivity index (χ1n) is 6.44. The SMILES string of the molecule is CC(C)(C)Cc1noc(CC2(CN)CCC2)n1. The molecule has 1 aromatic heterocycles. The highest BCUT2D eigenvalue weighted by Gasteiger charge is 2.37. The van der Waals surface area contributed by atoms with Crippen LogP contribution in [0.5, 0.6) is 0 Å². The molecule has 0 atom stereocenters. The molecule has 0 bridgehead atoms. The molecule has 0 spiro atoms. The van der Waals surface area contributed by atoms with Gasteiger partial charge in [0.25, 0.3) is 0 Å². The average molecular weight is 237 g/mol. The van der Waals surface area contributed by atoms with Gasteiger partial charge in [0, 0.05) is 12.8 Å². The van der Waals surface area contributed by atoms with E-state index in [4.69, 9.17) is 10.3 Å². The summed E-state index contributed by atoms with van der Waals surface area (Å²) in [4.78, 5) is 4.48. The van der Waals surface area contributed by atoms with Crippen molar-refractivity contribution in [2.75, 3.05) is 6.54 Å². The molecule has 2 rings (SSSR count). The van der Waals surface area contributed by atoms with Crippen molar-refractivity contribution >= 4 is 0 Å². The number of hydrogen-bond acceptors (Lipinski definition) is 4. The van der Waals surface area contributed by atoms with Gasteiger partial charge in [-0.15, -0.1) is 0 Å². The average Bonchev–Trinajstić information content (AvgIpc) is 2.56. The van der Waals surface area contributed by atoms with Gasteiger partial charge in [-0.05, 0) is 30.2 Å². The Labute approximate surface area is 103 Å². The van der Waals surface area contributed by atoms with Crippen molar-refractivity contribution in [2.45, 2.75) is 52.9 Å². The van der Waals surface area contributed by atoms with Crippen LogP contribution in [-0.4, -0.2) is 16.7 Å². The number of rotatable bonds is 4. The molecule has 1 aliphatic rings. The maximum Gasteiger partial charge on any atom is 0.227 e. The summed E-state index contributed by atoms with van der Waals surface area (Å²) in [5.74, 6) is 1.58. The van der Waals surface area contributed by atoms with Gasteiger partial charge in [0.15, 0.2) is 5.82 Å². The molecule has 1 saturated carbocycles. The van der Waals surface area contributed by atoms with Gasteiger partial charge in [0.1, 0.15) is 0 Å². The van der Waals surface area contributed by atoms with E-state index < -0.39 is 0 Å². The second-order valence-corrected chi connectivity index (χ2v) is 6.58. The maximum absolute atomic E-state index is 5.84. The van der Waals surface area contributed by atoms with Crippen LogP contribution in [0.2, 0.25) is 0 Å². The van der Waals surface area contributed by atoms with Crippen LogP contribution in [0.3, 0.4) is 0 Å². The van der Waals surface area contributed by atoms with E-state index in [2.05, 4.69) is 30.9 Å². The standard InChI is InChI=1S/C13H23N3O/c1-12(2,3)7-10-15-11(17-16-10)8-13(9-14)5-4-6-13/h4-9,14H2,1-3H3. The minimum absolute atomic E-state index is 0.198. The molecular weight excluding hydrogens is 214 g/mol. The third-order valence-electron chi connectivity index (χ3n) is 3.57. The summed E-state index contributed by atoms with van der Waals surface area (Å²) < 4.78 is 5.33. The van der Waals surface area contributed by atoms with Gasteiger partial charge in [0.05, 0.1) is 0 Å². The smallest absolute Gasteiger partial charge is 0.227 e. The first kappa shape index (κ1) is 12.6. The highest BCUT2D eigenvalue weighted by Crippen LogP contribution is 2.42. The molecular formula is C13H23N3O. The van der Waals surface area contributed by atoms with Crippen LogP contribution in [0.4, 0.5) is 0 Å². The van der Waals surface area contributed by atoms with E-state index in [0.717, 1.165) is 31.1 Å². The zero-order valence-corrected chi connectivity index (χ0v) is 11.1. The lowest BCUT2D eigenvalue weighted by molar-refractivity contribution is 0.129. The molecule has 1 aromatic rings. The summed E-state index contributed by atoms with van der Waals surface area (Å²) in [5, 5.41) is 4.05. The van der Waals surface area contributed by atoms with Crippen LogP contribution in [0, 0.1) is 10.8 Å². The molecule has 0 unspecified atom stereocenters. The number of aromatic nitrogens is 2. The molecule has 4 nitrogen and oxygen atoms in total. The van der Waals surface area contributed by atoms with E-state index in [9.17, 15) is 0 Å². The van der Waals surface area contributed by atoms with Gasteiger partial charge in [-0.25, -0.2) is 0 Å². The molecule has 1 aliphatic carbocycles. The van der Waals surface area contributed by atoms with E-state index in [1.54, 1.807) is 0 Å².